The number of benzene rings is 3. The Bertz CT molecular complexity index is 1150. The fourth-order valence-corrected chi connectivity index (χ4v) is 2.95. The van der Waals surface area contributed by atoms with Gasteiger partial charge in [0.05, 0.1) is 4.92 Å². The molecule has 0 bridgehead atoms. The minimum Gasteiger partial charge on any atom is -0.355 e. The minimum atomic E-state index is -0.543. The molecule has 0 unspecified atom stereocenters. The van der Waals surface area contributed by atoms with Crippen molar-refractivity contribution in [3.63, 3.8) is 0 Å². The van der Waals surface area contributed by atoms with Crippen LogP contribution in [0.25, 0.3) is 21.8 Å². The molecule has 2 amide bonds. The Morgan fingerprint density at radius 3 is 2.46 bits per heavy atom. The van der Waals surface area contributed by atoms with E-state index in [-0.39, 0.29) is 11.4 Å². The number of amides is 2. The van der Waals surface area contributed by atoms with Gasteiger partial charge in [-0.1, -0.05) is 30.3 Å². The van der Waals surface area contributed by atoms with Gasteiger partial charge in [-0.25, -0.2) is 4.79 Å². The van der Waals surface area contributed by atoms with Gasteiger partial charge in [-0.15, -0.1) is 0 Å². The molecule has 7 nitrogen and oxygen atoms in total. The monoisotopic (exact) mass is 346 g/mol. The molecule has 0 fully saturated rings. The number of nitro groups is 1. The zero-order valence-corrected chi connectivity index (χ0v) is 13.5. The zero-order chi connectivity index (χ0) is 18.1. The number of rotatable bonds is 3. The molecule has 1 heterocycles. The minimum absolute atomic E-state index is 0.142. The van der Waals surface area contributed by atoms with Gasteiger partial charge in [-0.2, -0.15) is 0 Å². The van der Waals surface area contributed by atoms with Crippen LogP contribution in [0.5, 0.6) is 0 Å². The third-order valence-corrected chi connectivity index (χ3v) is 4.11. The molecule has 1 aromatic heterocycles. The molecule has 0 saturated heterocycles. The maximum Gasteiger partial charge on any atom is 0.323 e. The van der Waals surface area contributed by atoms with E-state index in [9.17, 15) is 14.9 Å². The molecule has 0 aliphatic carbocycles. The average molecular weight is 346 g/mol. The van der Waals surface area contributed by atoms with Gasteiger partial charge in [0.2, 0.25) is 0 Å². The Labute approximate surface area is 147 Å². The largest absolute Gasteiger partial charge is 0.355 e. The summed E-state index contributed by atoms with van der Waals surface area (Å²) < 4.78 is 0. The number of anilines is 2. The number of aromatic amines is 1. The number of nitro benzene ring substituents is 1. The van der Waals surface area contributed by atoms with E-state index < -0.39 is 11.0 Å². The first-order valence-corrected chi connectivity index (χ1v) is 7.94. The first-order chi connectivity index (χ1) is 12.6. The number of H-pyrrole nitrogens is 1. The highest BCUT2D eigenvalue weighted by molar-refractivity contribution is 6.09. The van der Waals surface area contributed by atoms with Crippen molar-refractivity contribution in [2.24, 2.45) is 0 Å². The maximum absolute atomic E-state index is 12.2. The third kappa shape index (κ3) is 2.82. The molecule has 4 rings (SSSR count). The summed E-state index contributed by atoms with van der Waals surface area (Å²) in [6.07, 6.45) is 0. The Morgan fingerprint density at radius 1 is 0.885 bits per heavy atom. The average Bonchev–Trinajstić information content (AvgIpc) is 3.00. The first-order valence-electron chi connectivity index (χ1n) is 7.94. The van der Waals surface area contributed by atoms with E-state index in [4.69, 9.17) is 0 Å². The summed E-state index contributed by atoms with van der Waals surface area (Å²) in [6, 6.07) is 18.9. The molecular formula is C19H14N4O3. The molecule has 0 aliphatic heterocycles. The number of nitrogens with one attached hydrogen (secondary N) is 3. The quantitative estimate of drug-likeness (QED) is 0.364. The van der Waals surface area contributed by atoms with Crippen molar-refractivity contribution in [2.45, 2.75) is 0 Å². The van der Waals surface area contributed by atoms with Crippen LogP contribution in [0, 0.1) is 10.1 Å². The van der Waals surface area contributed by atoms with E-state index in [2.05, 4.69) is 15.6 Å². The molecule has 0 atom stereocenters. The second kappa shape index (κ2) is 6.21. The highest BCUT2D eigenvalue weighted by Gasteiger charge is 2.15. The van der Waals surface area contributed by atoms with E-state index in [1.54, 1.807) is 18.2 Å². The number of aromatic nitrogens is 1. The Morgan fingerprint density at radius 2 is 1.62 bits per heavy atom. The van der Waals surface area contributed by atoms with Gasteiger partial charge >= 0.3 is 6.03 Å². The van der Waals surface area contributed by atoms with E-state index in [1.165, 1.54) is 12.1 Å². The number of urea groups is 1. The second-order valence-electron chi connectivity index (χ2n) is 5.78. The summed E-state index contributed by atoms with van der Waals surface area (Å²) in [5.41, 5.74) is 2.57. The summed E-state index contributed by atoms with van der Waals surface area (Å²) >= 11 is 0. The van der Waals surface area contributed by atoms with Crippen LogP contribution in [-0.2, 0) is 0 Å². The van der Waals surface area contributed by atoms with Gasteiger partial charge in [-0.05, 0) is 30.3 Å². The third-order valence-electron chi connectivity index (χ3n) is 4.11. The molecule has 0 radical (unpaired) electrons. The van der Waals surface area contributed by atoms with Crippen molar-refractivity contribution in [1.82, 2.24) is 4.98 Å². The van der Waals surface area contributed by atoms with Crippen molar-refractivity contribution in [1.29, 1.82) is 0 Å². The van der Waals surface area contributed by atoms with Crippen molar-refractivity contribution in [3.8, 4) is 0 Å². The molecule has 0 saturated carbocycles. The topological polar surface area (TPSA) is 100 Å². The van der Waals surface area contributed by atoms with Crippen LogP contribution in [0.4, 0.5) is 21.9 Å². The van der Waals surface area contributed by atoms with E-state index in [0.717, 1.165) is 21.8 Å². The van der Waals surface area contributed by atoms with Gasteiger partial charge in [-0.3, -0.25) is 10.1 Å². The Hall–Kier alpha value is -3.87. The Balaban J connectivity index is 1.60. The lowest BCUT2D eigenvalue weighted by molar-refractivity contribution is -0.383. The van der Waals surface area contributed by atoms with Crippen LogP contribution in [-0.4, -0.2) is 15.9 Å². The Kier molecular flexibility index (Phi) is 3.74. The predicted octanol–water partition coefficient (Wildman–Crippen LogP) is 4.87. The molecule has 7 heteroatoms. The van der Waals surface area contributed by atoms with Crippen molar-refractivity contribution >= 4 is 44.9 Å². The number of fused-ring (bicyclic) bond motifs is 3. The molecule has 3 N–H and O–H groups in total. The van der Waals surface area contributed by atoms with Gasteiger partial charge in [0, 0.05) is 33.6 Å². The van der Waals surface area contributed by atoms with Crippen LogP contribution in [0.2, 0.25) is 0 Å². The molecule has 0 aliphatic rings. The molecule has 4 aromatic rings. The SMILES string of the molecule is O=C(Nc1ccc2[nH]c3ccccc3c2c1)Nc1ccccc1[N+](=O)[O-]. The molecule has 0 spiro atoms. The summed E-state index contributed by atoms with van der Waals surface area (Å²) in [6.45, 7) is 0. The number of nitrogens with zero attached hydrogens (tertiary/aromatic N) is 1. The summed E-state index contributed by atoms with van der Waals surface area (Å²) in [4.78, 5) is 26.1. The van der Waals surface area contributed by atoms with E-state index >= 15 is 0 Å². The van der Waals surface area contributed by atoms with Crippen molar-refractivity contribution in [2.75, 3.05) is 10.6 Å². The highest BCUT2D eigenvalue weighted by Crippen LogP contribution is 2.28. The fourth-order valence-electron chi connectivity index (χ4n) is 2.95. The number of para-hydroxylation sites is 3. The molecule has 26 heavy (non-hydrogen) atoms. The van der Waals surface area contributed by atoms with Crippen LogP contribution in [0.3, 0.4) is 0 Å². The number of carbonyl (C=O) groups excluding carboxylic acids is 1. The van der Waals surface area contributed by atoms with Crippen LogP contribution >= 0.6 is 0 Å². The van der Waals surface area contributed by atoms with E-state index in [0.29, 0.717) is 5.69 Å². The van der Waals surface area contributed by atoms with Gasteiger partial charge in [0.15, 0.2) is 0 Å². The second-order valence-corrected chi connectivity index (χ2v) is 5.78. The first kappa shape index (κ1) is 15.6. The zero-order valence-electron chi connectivity index (χ0n) is 13.5. The summed E-state index contributed by atoms with van der Waals surface area (Å²) in [5.74, 6) is 0. The van der Waals surface area contributed by atoms with Crippen LogP contribution in [0.15, 0.2) is 66.7 Å². The molecule has 3 aromatic carbocycles. The normalized spacial score (nSPS) is 10.8. The molecule has 128 valence electrons. The predicted molar refractivity (Wildman–Crippen MR) is 102 cm³/mol. The number of hydrogen-bond acceptors (Lipinski definition) is 3. The number of carbonyl (C=O) groups is 1. The number of hydrogen-bond donors (Lipinski definition) is 3. The highest BCUT2D eigenvalue weighted by atomic mass is 16.6. The van der Waals surface area contributed by atoms with Crippen LogP contribution in [0.1, 0.15) is 0 Å². The van der Waals surface area contributed by atoms with E-state index in [1.807, 2.05) is 36.4 Å². The van der Waals surface area contributed by atoms with Gasteiger partial charge in [0.1, 0.15) is 5.69 Å². The lowest BCUT2D eigenvalue weighted by Gasteiger charge is -2.08. The summed E-state index contributed by atoms with van der Waals surface area (Å²) in [7, 11) is 0. The smallest absolute Gasteiger partial charge is 0.323 e. The fraction of sp³-hybridized carbons (Fsp3) is 0. The van der Waals surface area contributed by atoms with Gasteiger partial charge < -0.3 is 15.6 Å². The van der Waals surface area contributed by atoms with Crippen molar-refractivity contribution in [3.05, 3.63) is 76.8 Å². The molecular weight excluding hydrogens is 332 g/mol. The van der Waals surface area contributed by atoms with Crippen molar-refractivity contribution < 1.29 is 9.72 Å². The standard InChI is InChI=1S/C19H14N4O3/c24-19(22-17-7-3-4-8-18(17)23(25)26)20-12-9-10-16-14(11-12)13-5-1-2-6-15(13)21-16/h1-11,21H,(H2,20,22,24). The van der Waals surface area contributed by atoms with Crippen LogP contribution < -0.4 is 10.6 Å². The van der Waals surface area contributed by atoms with Gasteiger partial charge in [0.25, 0.3) is 5.69 Å². The maximum atomic E-state index is 12.2. The lowest BCUT2D eigenvalue weighted by atomic mass is 10.1. The lowest BCUT2D eigenvalue weighted by Crippen LogP contribution is -2.20. The summed E-state index contributed by atoms with van der Waals surface area (Å²) in [5, 5.41) is 18.3.